The third kappa shape index (κ3) is 4.36. The summed E-state index contributed by atoms with van der Waals surface area (Å²) in [5, 5.41) is 5.08. The standard InChI is InChI=1S/C22H18ClN3O/c23-17-8-6-16(7-9-17)12-13-24-22-20-14-19(10-11-21(20)25-15-26-22)27-18-4-2-1-3-5-18/h1-11,14-15H,12-13H2,(H,24,25,26). The maximum atomic E-state index is 5.94. The molecule has 4 rings (SSSR count). The topological polar surface area (TPSA) is 47.0 Å². The summed E-state index contributed by atoms with van der Waals surface area (Å²) >= 11 is 5.94. The van der Waals surface area contributed by atoms with Crippen LogP contribution in [0.5, 0.6) is 11.5 Å². The molecule has 0 atom stereocenters. The van der Waals surface area contributed by atoms with Gasteiger partial charge < -0.3 is 10.1 Å². The zero-order valence-corrected chi connectivity index (χ0v) is 15.4. The van der Waals surface area contributed by atoms with Gasteiger partial charge in [0, 0.05) is 17.0 Å². The maximum absolute atomic E-state index is 5.94. The van der Waals surface area contributed by atoms with Crippen LogP contribution in [0.2, 0.25) is 5.02 Å². The first-order valence-corrected chi connectivity index (χ1v) is 9.12. The monoisotopic (exact) mass is 375 g/mol. The van der Waals surface area contributed by atoms with Gasteiger partial charge in [0.05, 0.1) is 5.52 Å². The van der Waals surface area contributed by atoms with Crippen LogP contribution in [0.1, 0.15) is 5.56 Å². The van der Waals surface area contributed by atoms with Crippen molar-refractivity contribution >= 4 is 28.3 Å². The van der Waals surface area contributed by atoms with Crippen molar-refractivity contribution in [3.05, 3.63) is 89.7 Å². The molecule has 0 aliphatic rings. The van der Waals surface area contributed by atoms with E-state index in [1.54, 1.807) is 6.33 Å². The van der Waals surface area contributed by atoms with Gasteiger partial charge in [-0.15, -0.1) is 0 Å². The Morgan fingerprint density at radius 3 is 2.48 bits per heavy atom. The van der Waals surface area contributed by atoms with Crippen molar-refractivity contribution in [3.63, 3.8) is 0 Å². The lowest BCUT2D eigenvalue weighted by molar-refractivity contribution is 0.483. The number of halogens is 1. The van der Waals surface area contributed by atoms with Crippen LogP contribution in [0.25, 0.3) is 10.9 Å². The number of anilines is 1. The summed E-state index contributed by atoms with van der Waals surface area (Å²) in [4.78, 5) is 8.75. The second-order valence-corrected chi connectivity index (χ2v) is 6.56. The highest BCUT2D eigenvalue weighted by Crippen LogP contribution is 2.27. The van der Waals surface area contributed by atoms with Crippen LogP contribution in [0, 0.1) is 0 Å². The van der Waals surface area contributed by atoms with E-state index in [0.717, 1.165) is 46.2 Å². The summed E-state index contributed by atoms with van der Waals surface area (Å²) in [5.41, 5.74) is 2.10. The van der Waals surface area contributed by atoms with Gasteiger partial charge >= 0.3 is 0 Å². The molecule has 1 aromatic heterocycles. The summed E-state index contributed by atoms with van der Waals surface area (Å²) in [7, 11) is 0. The zero-order chi connectivity index (χ0) is 18.5. The number of hydrogen-bond donors (Lipinski definition) is 1. The maximum Gasteiger partial charge on any atom is 0.137 e. The van der Waals surface area contributed by atoms with Gasteiger partial charge in [-0.3, -0.25) is 0 Å². The molecule has 3 aromatic carbocycles. The van der Waals surface area contributed by atoms with E-state index in [2.05, 4.69) is 15.3 Å². The molecule has 0 fully saturated rings. The smallest absolute Gasteiger partial charge is 0.137 e. The van der Waals surface area contributed by atoms with Crippen LogP contribution in [-0.2, 0) is 6.42 Å². The third-order valence-corrected chi connectivity index (χ3v) is 4.46. The van der Waals surface area contributed by atoms with Crippen LogP contribution in [-0.4, -0.2) is 16.5 Å². The molecule has 0 aliphatic heterocycles. The first-order valence-electron chi connectivity index (χ1n) is 8.74. The van der Waals surface area contributed by atoms with Gasteiger partial charge in [-0.05, 0) is 54.4 Å². The first-order chi connectivity index (χ1) is 13.3. The number of para-hydroxylation sites is 1. The van der Waals surface area contributed by atoms with E-state index in [1.807, 2.05) is 72.8 Å². The van der Waals surface area contributed by atoms with Crippen molar-refractivity contribution in [1.29, 1.82) is 0 Å². The van der Waals surface area contributed by atoms with Gasteiger partial charge in [0.25, 0.3) is 0 Å². The van der Waals surface area contributed by atoms with E-state index < -0.39 is 0 Å². The Hall–Kier alpha value is -3.11. The van der Waals surface area contributed by atoms with Crippen molar-refractivity contribution in [2.45, 2.75) is 6.42 Å². The highest BCUT2D eigenvalue weighted by Gasteiger charge is 2.06. The first kappa shape index (κ1) is 17.3. The fraction of sp³-hybridized carbons (Fsp3) is 0.0909. The Kier molecular flexibility index (Phi) is 5.17. The number of ether oxygens (including phenoxy) is 1. The van der Waals surface area contributed by atoms with Crippen molar-refractivity contribution in [3.8, 4) is 11.5 Å². The van der Waals surface area contributed by atoms with Gasteiger partial charge in [-0.2, -0.15) is 0 Å². The summed E-state index contributed by atoms with van der Waals surface area (Å²) in [6, 6.07) is 23.4. The molecule has 0 spiro atoms. The quantitative estimate of drug-likeness (QED) is 0.467. The minimum Gasteiger partial charge on any atom is -0.457 e. The zero-order valence-electron chi connectivity index (χ0n) is 14.6. The van der Waals surface area contributed by atoms with E-state index in [4.69, 9.17) is 16.3 Å². The number of fused-ring (bicyclic) bond motifs is 1. The average Bonchev–Trinajstić information content (AvgIpc) is 2.70. The third-order valence-electron chi connectivity index (χ3n) is 4.21. The molecule has 0 unspecified atom stereocenters. The summed E-state index contributed by atoms with van der Waals surface area (Å²) in [5.74, 6) is 2.35. The van der Waals surface area contributed by atoms with E-state index in [9.17, 15) is 0 Å². The molecular weight excluding hydrogens is 358 g/mol. The summed E-state index contributed by atoms with van der Waals surface area (Å²) in [6.45, 7) is 0.761. The SMILES string of the molecule is Clc1ccc(CCNc2ncnc3ccc(Oc4ccccc4)cc23)cc1. The molecule has 1 N–H and O–H groups in total. The van der Waals surface area contributed by atoms with Crippen molar-refractivity contribution < 1.29 is 4.74 Å². The molecule has 1 heterocycles. The van der Waals surface area contributed by atoms with E-state index in [-0.39, 0.29) is 0 Å². The Morgan fingerprint density at radius 2 is 1.67 bits per heavy atom. The molecule has 27 heavy (non-hydrogen) atoms. The van der Waals surface area contributed by atoms with E-state index in [1.165, 1.54) is 5.56 Å². The normalized spacial score (nSPS) is 10.7. The number of benzene rings is 3. The lowest BCUT2D eigenvalue weighted by atomic mass is 10.1. The van der Waals surface area contributed by atoms with Crippen LogP contribution in [0.15, 0.2) is 79.1 Å². The van der Waals surface area contributed by atoms with Crippen molar-refractivity contribution in [2.24, 2.45) is 0 Å². The molecular formula is C22H18ClN3O. The van der Waals surface area contributed by atoms with Gasteiger partial charge in [0.2, 0.25) is 0 Å². The second-order valence-electron chi connectivity index (χ2n) is 6.12. The summed E-state index contributed by atoms with van der Waals surface area (Å²) < 4.78 is 5.93. The lowest BCUT2D eigenvalue weighted by Crippen LogP contribution is -2.07. The van der Waals surface area contributed by atoms with Gasteiger partial charge in [-0.1, -0.05) is 41.9 Å². The van der Waals surface area contributed by atoms with Crippen LogP contribution in [0.4, 0.5) is 5.82 Å². The largest absolute Gasteiger partial charge is 0.457 e. The number of rotatable bonds is 6. The van der Waals surface area contributed by atoms with E-state index in [0.29, 0.717) is 0 Å². The number of nitrogens with zero attached hydrogens (tertiary/aromatic N) is 2. The Balaban J connectivity index is 1.51. The number of hydrogen-bond acceptors (Lipinski definition) is 4. The predicted octanol–water partition coefficient (Wildman–Crippen LogP) is 5.73. The average molecular weight is 376 g/mol. The highest BCUT2D eigenvalue weighted by molar-refractivity contribution is 6.30. The van der Waals surface area contributed by atoms with E-state index >= 15 is 0 Å². The molecule has 4 nitrogen and oxygen atoms in total. The fourth-order valence-corrected chi connectivity index (χ4v) is 2.97. The van der Waals surface area contributed by atoms with Crippen LogP contribution >= 0.6 is 11.6 Å². The molecule has 4 aromatic rings. The minimum atomic E-state index is 0.749. The molecule has 0 saturated heterocycles. The molecule has 0 aliphatic carbocycles. The highest BCUT2D eigenvalue weighted by atomic mass is 35.5. The Labute approximate surface area is 162 Å². The summed E-state index contributed by atoms with van der Waals surface area (Å²) in [6.07, 6.45) is 2.45. The van der Waals surface area contributed by atoms with Gasteiger partial charge in [-0.25, -0.2) is 9.97 Å². The van der Waals surface area contributed by atoms with Crippen LogP contribution < -0.4 is 10.1 Å². The fourth-order valence-electron chi connectivity index (χ4n) is 2.84. The molecule has 0 bridgehead atoms. The van der Waals surface area contributed by atoms with Crippen molar-refractivity contribution in [1.82, 2.24) is 9.97 Å². The van der Waals surface area contributed by atoms with Gasteiger partial charge in [0.15, 0.2) is 0 Å². The molecule has 134 valence electrons. The van der Waals surface area contributed by atoms with Gasteiger partial charge in [0.1, 0.15) is 23.6 Å². The molecule has 0 radical (unpaired) electrons. The number of nitrogens with one attached hydrogen (secondary N) is 1. The van der Waals surface area contributed by atoms with Crippen LogP contribution in [0.3, 0.4) is 0 Å². The molecule has 0 saturated carbocycles. The number of aromatic nitrogens is 2. The molecule has 0 amide bonds. The second kappa shape index (κ2) is 8.06. The minimum absolute atomic E-state index is 0.749. The lowest BCUT2D eigenvalue weighted by Gasteiger charge is -2.10. The Bertz CT molecular complexity index is 1040. The predicted molar refractivity (Wildman–Crippen MR) is 110 cm³/mol. The van der Waals surface area contributed by atoms with Crippen molar-refractivity contribution in [2.75, 3.05) is 11.9 Å². The Morgan fingerprint density at radius 1 is 0.852 bits per heavy atom. The molecule has 5 heteroatoms.